The third kappa shape index (κ3) is 5.89. The second kappa shape index (κ2) is 12.4. The molecular formula is C50H53BN2O2. The Morgan fingerprint density at radius 3 is 1.87 bits per heavy atom. The van der Waals surface area contributed by atoms with Crippen LogP contribution in [0.1, 0.15) is 91.8 Å². The number of fused-ring (bicyclic) bond motifs is 4. The van der Waals surface area contributed by atoms with Gasteiger partial charge in [0, 0.05) is 40.1 Å². The molecule has 9 rings (SSSR count). The molecule has 0 unspecified atom stereocenters. The van der Waals surface area contributed by atoms with Gasteiger partial charge < -0.3 is 19.3 Å². The average molecular weight is 725 g/mol. The molecule has 0 aromatic heterocycles. The summed E-state index contributed by atoms with van der Waals surface area (Å²) in [5.41, 5.74) is 19.3. The van der Waals surface area contributed by atoms with Gasteiger partial charge >= 0.3 is 0 Å². The highest BCUT2D eigenvalue weighted by molar-refractivity contribution is 6.95. The Morgan fingerprint density at radius 2 is 1.22 bits per heavy atom. The van der Waals surface area contributed by atoms with Crippen LogP contribution in [0.25, 0.3) is 11.1 Å². The van der Waals surface area contributed by atoms with Gasteiger partial charge in [-0.05, 0) is 117 Å². The van der Waals surface area contributed by atoms with Gasteiger partial charge in [0.2, 0.25) is 6.79 Å². The first-order chi connectivity index (χ1) is 26.1. The zero-order valence-electron chi connectivity index (χ0n) is 34.2. The van der Waals surface area contributed by atoms with Gasteiger partial charge in [0.15, 0.2) is 11.5 Å². The van der Waals surface area contributed by atoms with Crippen LogP contribution in [-0.4, -0.2) is 13.5 Å². The van der Waals surface area contributed by atoms with E-state index in [1.165, 1.54) is 72.5 Å². The molecule has 4 aliphatic rings. The number of aryl methyl sites for hydroxylation is 1. The molecule has 0 fully saturated rings. The Balaban J connectivity index is 1.37. The van der Waals surface area contributed by atoms with Crippen LogP contribution in [0.2, 0.25) is 0 Å². The number of nitrogens with zero attached hydrogens (tertiary/aromatic N) is 2. The van der Waals surface area contributed by atoms with E-state index >= 15 is 0 Å². The molecule has 5 heteroatoms. The standard InChI is InChI=1S/C50H53BN2O2/c1-31-24-43-47-44(25-31)53(40-22-18-34(49(5,6)7)26-37(40)32-14-12-11-13-15-32)42-29-46-45(54-30-55-46)28-39(42)51(47)38-27-35(50(8,9)10)19-23-41(38)52(43)36-20-16-33(17-21-36)48(2,3)4/h11-18,20-22,24-29H,19,23,30H2,1-10H3. The van der Waals surface area contributed by atoms with Crippen LogP contribution in [-0.2, 0) is 10.8 Å². The van der Waals surface area contributed by atoms with Crippen LogP contribution in [0.4, 0.5) is 28.4 Å². The van der Waals surface area contributed by atoms with Crippen molar-refractivity contribution in [3.63, 3.8) is 0 Å². The zero-order valence-corrected chi connectivity index (χ0v) is 34.2. The minimum absolute atomic E-state index is 0.00848. The lowest BCUT2D eigenvalue weighted by molar-refractivity contribution is 0.174. The van der Waals surface area contributed by atoms with E-state index in [1.807, 2.05) is 0 Å². The maximum Gasteiger partial charge on any atom is 0.251 e. The SMILES string of the molecule is Cc1cc2c3c(c1)N(c1ccc(C(C)(C)C)cc1-c1ccccc1)c1cc4c(cc1B3C1=C(CCC(C(C)(C)C)=C1)N2c1ccc(C(C)(C)C)cc1)OCO4. The van der Waals surface area contributed by atoms with E-state index < -0.39 is 0 Å². The predicted octanol–water partition coefficient (Wildman–Crippen LogP) is 12.1. The van der Waals surface area contributed by atoms with Crippen molar-refractivity contribution in [3.05, 3.63) is 137 Å². The molecule has 278 valence electrons. The Hall–Kier alpha value is -5.16. The smallest absolute Gasteiger partial charge is 0.251 e. The van der Waals surface area contributed by atoms with Crippen molar-refractivity contribution in [1.82, 2.24) is 0 Å². The quantitative estimate of drug-likeness (QED) is 0.173. The summed E-state index contributed by atoms with van der Waals surface area (Å²) < 4.78 is 12.3. The van der Waals surface area contributed by atoms with E-state index in [-0.39, 0.29) is 29.8 Å². The van der Waals surface area contributed by atoms with Crippen LogP contribution in [0.15, 0.2) is 120 Å². The number of anilines is 5. The first kappa shape index (κ1) is 35.5. The molecule has 0 bridgehead atoms. The molecule has 0 N–H and O–H groups in total. The van der Waals surface area contributed by atoms with Crippen LogP contribution < -0.4 is 30.2 Å². The van der Waals surface area contributed by atoms with Crippen molar-refractivity contribution >= 4 is 46.1 Å². The van der Waals surface area contributed by atoms with Crippen molar-refractivity contribution in [2.75, 3.05) is 16.6 Å². The molecule has 0 saturated heterocycles. The maximum atomic E-state index is 6.16. The molecule has 5 aromatic rings. The average Bonchev–Trinajstić information content (AvgIpc) is 3.60. The van der Waals surface area contributed by atoms with Crippen LogP contribution in [0.5, 0.6) is 11.5 Å². The fourth-order valence-corrected chi connectivity index (χ4v) is 9.09. The molecule has 0 spiro atoms. The molecule has 3 aliphatic heterocycles. The highest BCUT2D eigenvalue weighted by Gasteiger charge is 2.46. The van der Waals surface area contributed by atoms with E-state index in [0.29, 0.717) is 0 Å². The molecule has 0 saturated carbocycles. The molecule has 3 heterocycles. The largest absolute Gasteiger partial charge is 0.454 e. The van der Waals surface area contributed by atoms with Crippen LogP contribution in [0, 0.1) is 12.3 Å². The first-order valence-corrected chi connectivity index (χ1v) is 20.0. The van der Waals surface area contributed by atoms with Gasteiger partial charge in [-0.15, -0.1) is 0 Å². The van der Waals surface area contributed by atoms with Crippen molar-refractivity contribution < 1.29 is 9.47 Å². The number of ether oxygens (including phenoxy) is 2. The highest BCUT2D eigenvalue weighted by atomic mass is 16.7. The van der Waals surface area contributed by atoms with Crippen molar-refractivity contribution in [2.45, 2.75) is 92.9 Å². The first-order valence-electron chi connectivity index (χ1n) is 20.0. The predicted molar refractivity (Wildman–Crippen MR) is 232 cm³/mol. The normalized spacial score (nSPS) is 16.2. The van der Waals surface area contributed by atoms with Gasteiger partial charge in [0.25, 0.3) is 6.71 Å². The third-order valence-corrected chi connectivity index (χ3v) is 12.1. The van der Waals surface area contributed by atoms with E-state index in [0.717, 1.165) is 35.7 Å². The van der Waals surface area contributed by atoms with Gasteiger partial charge in [-0.3, -0.25) is 0 Å². The lowest BCUT2D eigenvalue weighted by atomic mass is 9.32. The monoisotopic (exact) mass is 724 g/mol. The second-order valence-electron chi connectivity index (χ2n) is 19.1. The Labute approximate surface area is 328 Å². The van der Waals surface area contributed by atoms with Crippen molar-refractivity contribution in [2.24, 2.45) is 5.41 Å². The Morgan fingerprint density at radius 1 is 0.582 bits per heavy atom. The Bertz CT molecular complexity index is 2420. The molecular weight excluding hydrogens is 671 g/mol. The van der Waals surface area contributed by atoms with E-state index in [2.05, 4.69) is 182 Å². The fraction of sp³-hybridized carbons (Fsp3) is 0.320. The highest BCUT2D eigenvalue weighted by Crippen LogP contribution is 2.52. The summed E-state index contributed by atoms with van der Waals surface area (Å²) in [6, 6.07) is 36.7. The molecule has 55 heavy (non-hydrogen) atoms. The van der Waals surface area contributed by atoms with Crippen LogP contribution >= 0.6 is 0 Å². The van der Waals surface area contributed by atoms with Gasteiger partial charge in [-0.25, -0.2) is 0 Å². The number of allylic oxidation sites excluding steroid dienone is 4. The number of rotatable bonds is 3. The third-order valence-electron chi connectivity index (χ3n) is 12.1. The fourth-order valence-electron chi connectivity index (χ4n) is 9.09. The van der Waals surface area contributed by atoms with E-state index in [4.69, 9.17) is 9.47 Å². The van der Waals surface area contributed by atoms with Crippen LogP contribution in [0.3, 0.4) is 0 Å². The zero-order chi connectivity index (χ0) is 38.6. The molecule has 0 atom stereocenters. The molecule has 5 aromatic carbocycles. The lowest BCUT2D eigenvalue weighted by Gasteiger charge is -2.47. The van der Waals surface area contributed by atoms with Gasteiger partial charge in [-0.2, -0.15) is 0 Å². The number of benzene rings is 5. The topological polar surface area (TPSA) is 24.9 Å². The summed E-state index contributed by atoms with van der Waals surface area (Å²) in [5.74, 6) is 1.62. The molecule has 0 amide bonds. The Kier molecular flexibility index (Phi) is 8.03. The van der Waals surface area contributed by atoms with Gasteiger partial charge in [0.1, 0.15) is 0 Å². The summed E-state index contributed by atoms with van der Waals surface area (Å²) in [7, 11) is 0. The second-order valence-corrected chi connectivity index (χ2v) is 19.1. The number of hydrogen-bond acceptors (Lipinski definition) is 4. The summed E-state index contributed by atoms with van der Waals surface area (Å²) in [5, 5.41) is 0. The summed E-state index contributed by atoms with van der Waals surface area (Å²) >= 11 is 0. The van der Waals surface area contributed by atoms with Gasteiger partial charge in [-0.1, -0.05) is 122 Å². The minimum Gasteiger partial charge on any atom is -0.454 e. The maximum absolute atomic E-state index is 6.16. The molecule has 4 nitrogen and oxygen atoms in total. The van der Waals surface area contributed by atoms with Gasteiger partial charge in [0.05, 0.1) is 5.69 Å². The molecule has 1 aliphatic carbocycles. The van der Waals surface area contributed by atoms with Crippen molar-refractivity contribution in [3.8, 4) is 22.6 Å². The van der Waals surface area contributed by atoms with Crippen molar-refractivity contribution in [1.29, 1.82) is 0 Å². The summed E-state index contributed by atoms with van der Waals surface area (Å²) in [4.78, 5) is 5.12. The lowest BCUT2D eigenvalue weighted by Crippen LogP contribution is -2.56. The minimum atomic E-state index is -0.00848. The number of hydrogen-bond donors (Lipinski definition) is 0. The summed E-state index contributed by atoms with van der Waals surface area (Å²) in [6.07, 6.45) is 4.58. The van der Waals surface area contributed by atoms with E-state index in [9.17, 15) is 0 Å². The van der Waals surface area contributed by atoms with E-state index in [1.54, 1.807) is 0 Å². The summed E-state index contributed by atoms with van der Waals surface area (Å²) in [6.45, 7) is 23.4. The molecule has 0 radical (unpaired) electrons.